The summed E-state index contributed by atoms with van der Waals surface area (Å²) in [6, 6.07) is 49.6. The minimum absolute atomic E-state index is 0.250. The highest BCUT2D eigenvalue weighted by molar-refractivity contribution is 5.98. The predicted molar refractivity (Wildman–Crippen MR) is 222 cm³/mol. The molecule has 0 unspecified atom stereocenters. The molecule has 0 saturated carbocycles. The Kier molecular flexibility index (Phi) is 15.1. The molecule has 2 amide bonds. The largest absolute Gasteiger partial charge is 0.485 e. The van der Waals surface area contributed by atoms with Gasteiger partial charge in [0.25, 0.3) is 11.8 Å². The third-order valence-electron chi connectivity index (χ3n) is 9.26. The number of unbranched alkanes of at least 4 members (excludes halogenated alkanes) is 1. The third kappa shape index (κ3) is 12.2. The molecule has 0 aliphatic carbocycles. The molecule has 1 atom stereocenters. The first-order chi connectivity index (χ1) is 28.1. The van der Waals surface area contributed by atoms with E-state index in [0.29, 0.717) is 66.7 Å². The van der Waals surface area contributed by atoms with Gasteiger partial charge < -0.3 is 35.3 Å². The fourth-order valence-corrected chi connectivity index (χ4v) is 6.17. The van der Waals surface area contributed by atoms with E-state index in [9.17, 15) is 9.59 Å². The summed E-state index contributed by atoms with van der Waals surface area (Å²) in [5, 5.41) is 6.13. The Morgan fingerprint density at radius 3 is 1.30 bits per heavy atom. The predicted octanol–water partition coefficient (Wildman–Crippen LogP) is 8.66. The fraction of sp³-hybridized carbons (Fsp3) is 0.208. The lowest BCUT2D eigenvalue weighted by atomic mass is 10.1. The first kappa shape index (κ1) is 40.1. The first-order valence-electron chi connectivity index (χ1n) is 19.3. The molecule has 9 heteroatoms. The summed E-state index contributed by atoms with van der Waals surface area (Å²) in [6.07, 6.45) is 2.02. The summed E-state index contributed by atoms with van der Waals surface area (Å²) in [5.74, 6) is 1.17. The average molecular weight is 764 g/mol. The molecule has 0 spiro atoms. The molecule has 0 bridgehead atoms. The zero-order valence-corrected chi connectivity index (χ0v) is 32.0. The van der Waals surface area contributed by atoms with Gasteiger partial charge in [-0.15, -0.1) is 0 Å². The number of para-hydroxylation sites is 2. The van der Waals surface area contributed by atoms with E-state index in [1.165, 1.54) is 0 Å². The molecule has 0 aliphatic rings. The van der Waals surface area contributed by atoms with Crippen molar-refractivity contribution in [2.45, 2.75) is 51.7 Å². The van der Waals surface area contributed by atoms with Crippen molar-refractivity contribution in [2.24, 2.45) is 5.73 Å². The van der Waals surface area contributed by atoms with Crippen LogP contribution in [0.5, 0.6) is 23.0 Å². The van der Waals surface area contributed by atoms with Gasteiger partial charge in [-0.3, -0.25) is 9.59 Å². The quantitative estimate of drug-likeness (QED) is 0.0628. The van der Waals surface area contributed by atoms with E-state index in [1.807, 2.05) is 127 Å². The Balaban J connectivity index is 1.05. The summed E-state index contributed by atoms with van der Waals surface area (Å²) < 4.78 is 24.8. The van der Waals surface area contributed by atoms with E-state index < -0.39 is 0 Å². The van der Waals surface area contributed by atoms with E-state index in [-0.39, 0.29) is 37.6 Å². The fourth-order valence-electron chi connectivity index (χ4n) is 6.17. The standard InChI is InChI=1S/C48H49N3O6/c49-31-40(51-48(53)42-27-16-29-44(55-33-37-19-7-2-8-20-37)46(42)57-35-39-23-11-4-12-24-39)25-13-14-30-50-47(52)41-26-15-28-43(54-32-36-17-5-1-6-18-36)45(41)56-34-38-21-9-3-10-22-38/h1-12,15-24,26-29,40H,13-14,25,30-35,49H2,(H,50,52)(H,51,53)/t40-/m0/s1. The molecule has 0 radical (unpaired) electrons. The van der Waals surface area contributed by atoms with Gasteiger partial charge in [-0.05, 0) is 65.8 Å². The Labute approximate surface area is 334 Å². The molecule has 0 heterocycles. The molecule has 0 aliphatic heterocycles. The molecule has 6 rings (SSSR count). The normalized spacial score (nSPS) is 11.2. The molecular formula is C48H49N3O6. The number of hydrogen-bond donors (Lipinski definition) is 3. The maximum atomic E-state index is 13.8. The highest BCUT2D eigenvalue weighted by atomic mass is 16.5. The number of nitrogens with one attached hydrogen (secondary N) is 2. The molecule has 4 N–H and O–H groups in total. The molecule has 0 aromatic heterocycles. The van der Waals surface area contributed by atoms with Gasteiger partial charge in [-0.2, -0.15) is 0 Å². The van der Waals surface area contributed by atoms with Crippen LogP contribution in [0.15, 0.2) is 158 Å². The maximum absolute atomic E-state index is 13.8. The topological polar surface area (TPSA) is 121 Å². The summed E-state index contributed by atoms with van der Waals surface area (Å²) in [4.78, 5) is 27.3. The SMILES string of the molecule is NC[C@H](CCCCNC(=O)c1cccc(OCc2ccccc2)c1OCc1ccccc1)NC(=O)c1cccc(OCc2ccccc2)c1OCc1ccccc1. The molecule has 0 fully saturated rings. The smallest absolute Gasteiger partial charge is 0.255 e. The van der Waals surface area contributed by atoms with Crippen molar-refractivity contribution in [3.8, 4) is 23.0 Å². The zero-order chi connectivity index (χ0) is 39.5. The highest BCUT2D eigenvalue weighted by Crippen LogP contribution is 2.34. The minimum atomic E-state index is -0.302. The number of carbonyl (C=O) groups is 2. The maximum Gasteiger partial charge on any atom is 0.255 e. The summed E-state index contributed by atoms with van der Waals surface area (Å²) in [6.45, 7) is 1.89. The van der Waals surface area contributed by atoms with Crippen LogP contribution in [0.25, 0.3) is 0 Å². The van der Waals surface area contributed by atoms with Crippen LogP contribution in [0, 0.1) is 0 Å². The molecule has 0 saturated heterocycles. The molecule has 6 aromatic rings. The van der Waals surface area contributed by atoms with E-state index in [1.54, 1.807) is 30.3 Å². The van der Waals surface area contributed by atoms with Gasteiger partial charge in [-0.1, -0.05) is 133 Å². The van der Waals surface area contributed by atoms with Crippen LogP contribution in [-0.2, 0) is 26.4 Å². The van der Waals surface area contributed by atoms with Crippen LogP contribution in [0.1, 0.15) is 62.2 Å². The van der Waals surface area contributed by atoms with Crippen molar-refractivity contribution < 1.29 is 28.5 Å². The van der Waals surface area contributed by atoms with Crippen LogP contribution >= 0.6 is 0 Å². The van der Waals surface area contributed by atoms with Crippen molar-refractivity contribution >= 4 is 11.8 Å². The second-order valence-corrected chi connectivity index (χ2v) is 13.5. The zero-order valence-electron chi connectivity index (χ0n) is 32.0. The van der Waals surface area contributed by atoms with Gasteiger partial charge in [0.1, 0.15) is 26.4 Å². The van der Waals surface area contributed by atoms with Crippen LogP contribution < -0.4 is 35.3 Å². The number of rotatable bonds is 21. The Morgan fingerprint density at radius 1 is 0.474 bits per heavy atom. The lowest BCUT2D eigenvalue weighted by Gasteiger charge is -2.20. The lowest BCUT2D eigenvalue weighted by Crippen LogP contribution is -2.40. The lowest BCUT2D eigenvalue weighted by molar-refractivity contribution is 0.0928. The van der Waals surface area contributed by atoms with E-state index in [2.05, 4.69) is 10.6 Å². The number of ether oxygens (including phenoxy) is 4. The Morgan fingerprint density at radius 2 is 0.877 bits per heavy atom. The Hall–Kier alpha value is -6.58. The molecule has 292 valence electrons. The molecule has 57 heavy (non-hydrogen) atoms. The van der Waals surface area contributed by atoms with Gasteiger partial charge in [-0.25, -0.2) is 0 Å². The second-order valence-electron chi connectivity index (χ2n) is 13.5. The summed E-state index contributed by atoms with van der Waals surface area (Å²) in [5.41, 5.74) is 10.9. The summed E-state index contributed by atoms with van der Waals surface area (Å²) in [7, 11) is 0. The van der Waals surface area contributed by atoms with Gasteiger partial charge in [0.2, 0.25) is 0 Å². The van der Waals surface area contributed by atoms with E-state index in [4.69, 9.17) is 24.7 Å². The number of amides is 2. The van der Waals surface area contributed by atoms with Crippen molar-refractivity contribution in [3.63, 3.8) is 0 Å². The van der Waals surface area contributed by atoms with Gasteiger partial charge >= 0.3 is 0 Å². The number of carbonyl (C=O) groups excluding carboxylic acids is 2. The molecule has 9 nitrogen and oxygen atoms in total. The van der Waals surface area contributed by atoms with Gasteiger partial charge in [0.15, 0.2) is 23.0 Å². The first-order valence-corrected chi connectivity index (χ1v) is 19.3. The van der Waals surface area contributed by atoms with E-state index in [0.717, 1.165) is 28.7 Å². The number of benzene rings is 6. The highest BCUT2D eigenvalue weighted by Gasteiger charge is 2.21. The second kappa shape index (κ2) is 21.5. The van der Waals surface area contributed by atoms with Gasteiger partial charge in [0, 0.05) is 19.1 Å². The summed E-state index contributed by atoms with van der Waals surface area (Å²) >= 11 is 0. The van der Waals surface area contributed by atoms with Crippen molar-refractivity contribution in [1.82, 2.24) is 10.6 Å². The van der Waals surface area contributed by atoms with E-state index >= 15 is 0 Å². The average Bonchev–Trinajstić information content (AvgIpc) is 3.27. The van der Waals surface area contributed by atoms with Crippen molar-refractivity contribution in [2.75, 3.05) is 13.1 Å². The number of hydrogen-bond acceptors (Lipinski definition) is 7. The monoisotopic (exact) mass is 763 g/mol. The molecular weight excluding hydrogens is 715 g/mol. The number of nitrogens with two attached hydrogens (primary N) is 1. The van der Waals surface area contributed by atoms with Crippen LogP contribution in [0.4, 0.5) is 0 Å². The Bertz CT molecular complexity index is 2130. The van der Waals surface area contributed by atoms with Crippen molar-refractivity contribution in [1.29, 1.82) is 0 Å². The van der Waals surface area contributed by atoms with Crippen LogP contribution in [0.3, 0.4) is 0 Å². The minimum Gasteiger partial charge on any atom is -0.485 e. The van der Waals surface area contributed by atoms with Crippen LogP contribution in [0.2, 0.25) is 0 Å². The van der Waals surface area contributed by atoms with Crippen LogP contribution in [-0.4, -0.2) is 30.9 Å². The van der Waals surface area contributed by atoms with Gasteiger partial charge in [0.05, 0.1) is 11.1 Å². The van der Waals surface area contributed by atoms with Crippen molar-refractivity contribution in [3.05, 3.63) is 191 Å². The third-order valence-corrected chi connectivity index (χ3v) is 9.26. The molecule has 6 aromatic carbocycles.